The summed E-state index contributed by atoms with van der Waals surface area (Å²) < 4.78 is 6.90. The zero-order valence-corrected chi connectivity index (χ0v) is 13.5. The van der Waals surface area contributed by atoms with Crippen molar-refractivity contribution in [1.29, 1.82) is 0 Å². The summed E-state index contributed by atoms with van der Waals surface area (Å²) in [4.78, 5) is 0. The van der Waals surface area contributed by atoms with E-state index in [-0.39, 0.29) is 6.04 Å². The molecule has 0 spiro atoms. The van der Waals surface area contributed by atoms with Gasteiger partial charge >= 0.3 is 0 Å². The fourth-order valence-electron chi connectivity index (χ4n) is 2.00. The van der Waals surface area contributed by atoms with E-state index in [9.17, 15) is 0 Å². The summed E-state index contributed by atoms with van der Waals surface area (Å²) in [5.41, 5.74) is 8.41. The Kier molecular flexibility index (Phi) is 5.21. The molecule has 0 fully saturated rings. The molecule has 20 heavy (non-hydrogen) atoms. The van der Waals surface area contributed by atoms with Crippen LogP contribution in [-0.2, 0) is 6.42 Å². The molecular formula is C17H20BrNO. The molecule has 0 aromatic heterocycles. The summed E-state index contributed by atoms with van der Waals surface area (Å²) in [7, 11) is 0. The Morgan fingerprint density at radius 2 is 2.00 bits per heavy atom. The van der Waals surface area contributed by atoms with E-state index in [1.165, 1.54) is 11.1 Å². The number of aryl methyl sites for hydroxylation is 1. The lowest BCUT2D eigenvalue weighted by Crippen LogP contribution is -2.21. The maximum atomic E-state index is 6.00. The minimum absolute atomic E-state index is 0.205. The predicted octanol–water partition coefficient (Wildman–Crippen LogP) is 4.83. The SMILES string of the molecule is CCC(N)Cc1cccc(Oc2ccc(C)cc2Br)c1. The van der Waals surface area contributed by atoms with Crippen molar-refractivity contribution in [1.82, 2.24) is 0 Å². The molecule has 0 heterocycles. The Morgan fingerprint density at radius 1 is 1.20 bits per heavy atom. The van der Waals surface area contributed by atoms with E-state index < -0.39 is 0 Å². The van der Waals surface area contributed by atoms with E-state index in [1.54, 1.807) is 0 Å². The Balaban J connectivity index is 2.15. The van der Waals surface area contributed by atoms with Gasteiger partial charge in [-0.15, -0.1) is 0 Å². The molecule has 2 N–H and O–H groups in total. The third kappa shape index (κ3) is 4.09. The Hall–Kier alpha value is -1.32. The molecule has 106 valence electrons. The van der Waals surface area contributed by atoms with E-state index in [0.29, 0.717) is 0 Å². The van der Waals surface area contributed by atoms with E-state index in [4.69, 9.17) is 10.5 Å². The Bertz CT molecular complexity index is 583. The van der Waals surface area contributed by atoms with Gasteiger partial charge in [0.15, 0.2) is 0 Å². The highest BCUT2D eigenvalue weighted by Gasteiger charge is 2.05. The van der Waals surface area contributed by atoms with Crippen LogP contribution in [0.4, 0.5) is 0 Å². The first-order valence-corrected chi connectivity index (χ1v) is 7.66. The normalized spacial score (nSPS) is 12.2. The molecule has 0 amide bonds. The maximum Gasteiger partial charge on any atom is 0.141 e. The summed E-state index contributed by atoms with van der Waals surface area (Å²) in [6.45, 7) is 4.16. The standard InChI is InChI=1S/C17H20BrNO/c1-3-14(19)10-13-5-4-6-15(11-13)20-17-8-7-12(2)9-16(17)18/h4-9,11,14H,3,10,19H2,1-2H3. The van der Waals surface area contributed by atoms with Crippen LogP contribution in [-0.4, -0.2) is 6.04 Å². The van der Waals surface area contributed by atoms with Gasteiger partial charge in [-0.1, -0.05) is 25.1 Å². The highest BCUT2D eigenvalue weighted by molar-refractivity contribution is 9.10. The molecule has 0 aliphatic carbocycles. The molecule has 0 saturated carbocycles. The second-order valence-electron chi connectivity index (χ2n) is 5.06. The average Bonchev–Trinajstić information content (AvgIpc) is 2.42. The number of hydrogen-bond acceptors (Lipinski definition) is 2. The first kappa shape index (κ1) is 15.1. The van der Waals surface area contributed by atoms with Crippen LogP contribution < -0.4 is 10.5 Å². The zero-order chi connectivity index (χ0) is 14.5. The van der Waals surface area contributed by atoms with E-state index in [1.807, 2.05) is 30.3 Å². The van der Waals surface area contributed by atoms with E-state index in [0.717, 1.165) is 28.8 Å². The van der Waals surface area contributed by atoms with Crippen molar-refractivity contribution < 1.29 is 4.74 Å². The monoisotopic (exact) mass is 333 g/mol. The van der Waals surface area contributed by atoms with Gasteiger partial charge in [-0.3, -0.25) is 0 Å². The summed E-state index contributed by atoms with van der Waals surface area (Å²) in [6, 6.07) is 14.4. The molecule has 0 radical (unpaired) electrons. The van der Waals surface area contributed by atoms with Gasteiger partial charge in [0.25, 0.3) is 0 Å². The van der Waals surface area contributed by atoms with Crippen molar-refractivity contribution in [2.45, 2.75) is 32.7 Å². The molecule has 1 unspecified atom stereocenters. The van der Waals surface area contributed by atoms with Gasteiger partial charge in [0, 0.05) is 6.04 Å². The van der Waals surface area contributed by atoms with Crippen molar-refractivity contribution >= 4 is 15.9 Å². The number of halogens is 1. The fraction of sp³-hybridized carbons (Fsp3) is 0.294. The third-order valence-electron chi connectivity index (χ3n) is 3.24. The van der Waals surface area contributed by atoms with Gasteiger partial charge < -0.3 is 10.5 Å². The Labute approximate surface area is 129 Å². The fourth-order valence-corrected chi connectivity index (χ4v) is 2.57. The van der Waals surface area contributed by atoms with Crippen LogP contribution in [0.3, 0.4) is 0 Å². The largest absolute Gasteiger partial charge is 0.456 e. The van der Waals surface area contributed by atoms with Crippen molar-refractivity contribution in [3.05, 3.63) is 58.1 Å². The topological polar surface area (TPSA) is 35.2 Å². The average molecular weight is 334 g/mol. The van der Waals surface area contributed by atoms with Gasteiger partial charge in [-0.2, -0.15) is 0 Å². The van der Waals surface area contributed by atoms with Crippen molar-refractivity contribution in [3.8, 4) is 11.5 Å². The minimum Gasteiger partial charge on any atom is -0.456 e. The zero-order valence-electron chi connectivity index (χ0n) is 11.9. The lowest BCUT2D eigenvalue weighted by atomic mass is 10.0. The molecule has 3 heteroatoms. The lowest BCUT2D eigenvalue weighted by molar-refractivity contribution is 0.478. The van der Waals surface area contributed by atoms with E-state index in [2.05, 4.69) is 41.9 Å². The first-order valence-electron chi connectivity index (χ1n) is 6.87. The minimum atomic E-state index is 0.205. The van der Waals surface area contributed by atoms with Crippen molar-refractivity contribution in [3.63, 3.8) is 0 Å². The van der Waals surface area contributed by atoms with Gasteiger partial charge in [-0.25, -0.2) is 0 Å². The second kappa shape index (κ2) is 6.91. The summed E-state index contributed by atoms with van der Waals surface area (Å²) >= 11 is 3.53. The smallest absolute Gasteiger partial charge is 0.141 e. The number of hydrogen-bond donors (Lipinski definition) is 1. The molecule has 2 aromatic rings. The molecule has 0 aliphatic heterocycles. The third-order valence-corrected chi connectivity index (χ3v) is 3.86. The number of benzene rings is 2. The molecule has 0 aliphatic rings. The van der Waals surface area contributed by atoms with Crippen molar-refractivity contribution in [2.75, 3.05) is 0 Å². The van der Waals surface area contributed by atoms with Crippen LogP contribution in [0.1, 0.15) is 24.5 Å². The molecule has 1 atom stereocenters. The molecular weight excluding hydrogens is 314 g/mol. The van der Waals surface area contributed by atoms with E-state index >= 15 is 0 Å². The van der Waals surface area contributed by atoms with Crippen molar-refractivity contribution in [2.24, 2.45) is 5.73 Å². The number of ether oxygens (including phenoxy) is 1. The van der Waals surface area contributed by atoms with Gasteiger partial charge in [0.1, 0.15) is 11.5 Å². The Morgan fingerprint density at radius 3 is 2.70 bits per heavy atom. The lowest BCUT2D eigenvalue weighted by Gasteiger charge is -2.12. The van der Waals surface area contributed by atoms with Crippen LogP contribution in [0.25, 0.3) is 0 Å². The van der Waals surface area contributed by atoms with Crippen LogP contribution in [0, 0.1) is 6.92 Å². The molecule has 0 bridgehead atoms. The van der Waals surface area contributed by atoms with Crippen LogP contribution in [0.5, 0.6) is 11.5 Å². The van der Waals surface area contributed by atoms with Gasteiger partial charge in [0.2, 0.25) is 0 Å². The molecule has 2 nitrogen and oxygen atoms in total. The maximum absolute atomic E-state index is 6.00. The summed E-state index contributed by atoms with van der Waals surface area (Å²) in [5.74, 6) is 1.67. The van der Waals surface area contributed by atoms with Crippen LogP contribution in [0.15, 0.2) is 46.9 Å². The second-order valence-corrected chi connectivity index (χ2v) is 5.91. The summed E-state index contributed by atoms with van der Waals surface area (Å²) in [6.07, 6.45) is 1.86. The highest BCUT2D eigenvalue weighted by atomic mass is 79.9. The molecule has 2 rings (SSSR count). The quantitative estimate of drug-likeness (QED) is 0.850. The number of nitrogens with two attached hydrogens (primary N) is 1. The molecule has 2 aromatic carbocycles. The van der Waals surface area contributed by atoms with Crippen LogP contribution >= 0.6 is 15.9 Å². The highest BCUT2D eigenvalue weighted by Crippen LogP contribution is 2.30. The van der Waals surface area contributed by atoms with Gasteiger partial charge in [0.05, 0.1) is 4.47 Å². The molecule has 0 saturated heterocycles. The summed E-state index contributed by atoms with van der Waals surface area (Å²) in [5, 5.41) is 0. The van der Waals surface area contributed by atoms with Crippen LogP contribution in [0.2, 0.25) is 0 Å². The first-order chi connectivity index (χ1) is 9.58. The number of rotatable bonds is 5. The predicted molar refractivity (Wildman–Crippen MR) is 87.4 cm³/mol. The van der Waals surface area contributed by atoms with Gasteiger partial charge in [-0.05, 0) is 71.1 Å².